The highest BCUT2D eigenvalue weighted by molar-refractivity contribution is 5.57. The van der Waals surface area contributed by atoms with E-state index in [0.29, 0.717) is 17.8 Å². The highest BCUT2D eigenvalue weighted by Gasteiger charge is 2.09. The van der Waals surface area contributed by atoms with Gasteiger partial charge in [0.2, 0.25) is 0 Å². The maximum Gasteiger partial charge on any atom is 0.124 e. The number of nitrogens with zero attached hydrogens (tertiary/aromatic N) is 2. The van der Waals surface area contributed by atoms with Gasteiger partial charge >= 0.3 is 0 Å². The van der Waals surface area contributed by atoms with Gasteiger partial charge in [0, 0.05) is 24.5 Å². The predicted octanol–water partition coefficient (Wildman–Crippen LogP) is 3.75. The van der Waals surface area contributed by atoms with Crippen LogP contribution in [0.3, 0.4) is 0 Å². The van der Waals surface area contributed by atoms with Crippen LogP contribution in [-0.2, 0) is 13.1 Å². The van der Waals surface area contributed by atoms with E-state index in [9.17, 15) is 4.39 Å². The highest BCUT2D eigenvalue weighted by atomic mass is 19.1. The fraction of sp³-hybridized carbons (Fsp3) is 0.312. The van der Waals surface area contributed by atoms with Crippen molar-refractivity contribution in [2.75, 3.05) is 5.32 Å². The van der Waals surface area contributed by atoms with Crippen molar-refractivity contribution < 1.29 is 4.39 Å². The summed E-state index contributed by atoms with van der Waals surface area (Å²) in [6.07, 6.45) is 0. The van der Waals surface area contributed by atoms with E-state index >= 15 is 0 Å². The Morgan fingerprint density at radius 1 is 1.30 bits per heavy atom. The molecule has 0 saturated carbocycles. The molecule has 2 rings (SSSR count). The van der Waals surface area contributed by atoms with E-state index in [-0.39, 0.29) is 0 Å². The molecule has 1 N–H and O–H groups in total. The second-order valence-corrected chi connectivity index (χ2v) is 4.80. The maximum absolute atomic E-state index is 13.1. The zero-order valence-corrected chi connectivity index (χ0v) is 12.0. The number of anilines is 1. The SMILES string of the molecule is CCn1c(C)cc(CNc2ccc(F)cc2C#N)c1C. The second kappa shape index (κ2) is 5.79. The van der Waals surface area contributed by atoms with Crippen LogP contribution in [0.1, 0.15) is 29.4 Å². The van der Waals surface area contributed by atoms with Gasteiger partial charge in [-0.05, 0) is 50.6 Å². The van der Waals surface area contributed by atoms with E-state index in [4.69, 9.17) is 5.26 Å². The van der Waals surface area contributed by atoms with Gasteiger partial charge in [0.25, 0.3) is 0 Å². The fourth-order valence-electron chi connectivity index (χ4n) is 2.49. The third kappa shape index (κ3) is 2.67. The molecule has 0 bridgehead atoms. The Balaban J connectivity index is 2.20. The molecular weight excluding hydrogens is 253 g/mol. The average Bonchev–Trinajstić information content (AvgIpc) is 2.71. The first-order chi connectivity index (χ1) is 9.56. The largest absolute Gasteiger partial charge is 0.380 e. The third-order valence-corrected chi connectivity index (χ3v) is 3.57. The van der Waals surface area contributed by atoms with E-state index in [2.05, 4.69) is 36.7 Å². The van der Waals surface area contributed by atoms with Gasteiger partial charge in [-0.15, -0.1) is 0 Å². The molecule has 20 heavy (non-hydrogen) atoms. The summed E-state index contributed by atoms with van der Waals surface area (Å²) in [6, 6.07) is 8.36. The molecule has 0 aliphatic heterocycles. The standard InChI is InChI=1S/C16H18FN3/c1-4-20-11(2)7-14(12(20)3)10-19-16-6-5-15(17)8-13(16)9-18/h5-8,19H,4,10H2,1-3H3. The number of nitriles is 1. The van der Waals surface area contributed by atoms with E-state index in [1.165, 1.54) is 29.1 Å². The zero-order chi connectivity index (χ0) is 14.7. The second-order valence-electron chi connectivity index (χ2n) is 4.80. The maximum atomic E-state index is 13.1. The van der Waals surface area contributed by atoms with E-state index in [1.807, 2.05) is 6.07 Å². The van der Waals surface area contributed by atoms with Gasteiger partial charge in [-0.1, -0.05) is 0 Å². The summed E-state index contributed by atoms with van der Waals surface area (Å²) < 4.78 is 15.3. The molecule has 0 atom stereocenters. The highest BCUT2D eigenvalue weighted by Crippen LogP contribution is 2.20. The fourth-order valence-corrected chi connectivity index (χ4v) is 2.49. The first-order valence-electron chi connectivity index (χ1n) is 6.66. The van der Waals surface area contributed by atoms with Crippen LogP contribution in [0.15, 0.2) is 24.3 Å². The molecule has 0 unspecified atom stereocenters. The molecule has 0 saturated heterocycles. The number of nitrogens with one attached hydrogen (secondary N) is 1. The van der Waals surface area contributed by atoms with Gasteiger partial charge in [-0.25, -0.2) is 4.39 Å². The lowest BCUT2D eigenvalue weighted by Crippen LogP contribution is -2.04. The monoisotopic (exact) mass is 271 g/mol. The number of halogens is 1. The van der Waals surface area contributed by atoms with Crippen molar-refractivity contribution in [1.82, 2.24) is 4.57 Å². The number of aromatic nitrogens is 1. The Morgan fingerprint density at radius 3 is 2.65 bits per heavy atom. The van der Waals surface area contributed by atoms with Gasteiger partial charge < -0.3 is 9.88 Å². The van der Waals surface area contributed by atoms with E-state index in [1.54, 1.807) is 6.07 Å². The van der Waals surface area contributed by atoms with E-state index in [0.717, 1.165) is 6.54 Å². The molecule has 4 heteroatoms. The predicted molar refractivity (Wildman–Crippen MR) is 78.0 cm³/mol. The van der Waals surface area contributed by atoms with Crippen LogP contribution in [0.2, 0.25) is 0 Å². The summed E-state index contributed by atoms with van der Waals surface area (Å²) in [4.78, 5) is 0. The van der Waals surface area contributed by atoms with Crippen LogP contribution in [-0.4, -0.2) is 4.57 Å². The molecule has 1 aromatic heterocycles. The minimum atomic E-state index is -0.392. The number of hydrogen-bond acceptors (Lipinski definition) is 2. The van der Waals surface area contributed by atoms with E-state index < -0.39 is 5.82 Å². The summed E-state index contributed by atoms with van der Waals surface area (Å²) in [5.74, 6) is -0.392. The third-order valence-electron chi connectivity index (χ3n) is 3.57. The van der Waals surface area contributed by atoms with Gasteiger partial charge in [-0.2, -0.15) is 5.26 Å². The molecule has 0 radical (unpaired) electrons. The number of hydrogen-bond donors (Lipinski definition) is 1. The summed E-state index contributed by atoms with van der Waals surface area (Å²) in [5.41, 5.74) is 4.63. The molecule has 104 valence electrons. The van der Waals surface area contributed by atoms with Crippen molar-refractivity contribution in [3.8, 4) is 6.07 Å². The smallest absolute Gasteiger partial charge is 0.124 e. The Kier molecular flexibility index (Phi) is 4.09. The molecule has 2 aromatic rings. The lowest BCUT2D eigenvalue weighted by atomic mass is 10.1. The van der Waals surface area contributed by atoms with Crippen LogP contribution in [0.5, 0.6) is 0 Å². The van der Waals surface area contributed by atoms with Crippen molar-refractivity contribution in [3.05, 3.63) is 52.6 Å². The molecule has 0 fully saturated rings. The Morgan fingerprint density at radius 2 is 2.05 bits per heavy atom. The summed E-state index contributed by atoms with van der Waals surface area (Å²) in [6.45, 7) is 7.85. The van der Waals surface area contributed by atoms with Crippen LogP contribution >= 0.6 is 0 Å². The van der Waals surface area contributed by atoms with Crippen molar-refractivity contribution in [2.24, 2.45) is 0 Å². The molecular formula is C16H18FN3. The quantitative estimate of drug-likeness (QED) is 0.920. The average molecular weight is 271 g/mol. The molecule has 0 spiro atoms. The van der Waals surface area contributed by atoms with Crippen LogP contribution in [0.25, 0.3) is 0 Å². The van der Waals surface area contributed by atoms with Gasteiger partial charge in [0.05, 0.1) is 11.3 Å². The summed E-state index contributed by atoms with van der Waals surface area (Å²) in [5, 5.41) is 12.2. The number of benzene rings is 1. The zero-order valence-electron chi connectivity index (χ0n) is 12.0. The van der Waals surface area contributed by atoms with Crippen LogP contribution in [0.4, 0.5) is 10.1 Å². The first-order valence-corrected chi connectivity index (χ1v) is 6.66. The first kappa shape index (κ1) is 14.1. The molecule has 0 aliphatic rings. The van der Waals surface area contributed by atoms with Crippen LogP contribution < -0.4 is 5.32 Å². The molecule has 1 heterocycles. The normalized spacial score (nSPS) is 10.3. The summed E-state index contributed by atoms with van der Waals surface area (Å²) >= 11 is 0. The molecule has 0 amide bonds. The lowest BCUT2D eigenvalue weighted by molar-refractivity contribution is 0.627. The minimum absolute atomic E-state index is 0.328. The Labute approximate surface area is 118 Å². The van der Waals surface area contributed by atoms with Gasteiger partial charge in [0.15, 0.2) is 0 Å². The molecule has 1 aromatic carbocycles. The van der Waals surface area contributed by atoms with Crippen molar-refractivity contribution in [1.29, 1.82) is 5.26 Å². The number of aryl methyl sites for hydroxylation is 1. The Hall–Kier alpha value is -2.28. The summed E-state index contributed by atoms with van der Waals surface area (Å²) in [7, 11) is 0. The van der Waals surface area contributed by atoms with Gasteiger partial charge in [0.1, 0.15) is 11.9 Å². The van der Waals surface area contributed by atoms with Crippen molar-refractivity contribution >= 4 is 5.69 Å². The molecule has 3 nitrogen and oxygen atoms in total. The topological polar surface area (TPSA) is 40.8 Å². The van der Waals surface area contributed by atoms with Crippen molar-refractivity contribution in [2.45, 2.75) is 33.9 Å². The van der Waals surface area contributed by atoms with Crippen LogP contribution in [0, 0.1) is 31.0 Å². The molecule has 0 aliphatic carbocycles. The van der Waals surface area contributed by atoms with Gasteiger partial charge in [-0.3, -0.25) is 0 Å². The lowest BCUT2D eigenvalue weighted by Gasteiger charge is -2.09. The minimum Gasteiger partial charge on any atom is -0.380 e. The Bertz CT molecular complexity index is 665. The number of rotatable bonds is 4. The van der Waals surface area contributed by atoms with Crippen molar-refractivity contribution in [3.63, 3.8) is 0 Å².